The van der Waals surface area contributed by atoms with E-state index in [9.17, 15) is 13.2 Å². The molecule has 1 fully saturated rings. The Bertz CT molecular complexity index is 1370. The second-order valence-corrected chi connectivity index (χ2v) is 11.8. The Labute approximate surface area is 231 Å². The summed E-state index contributed by atoms with van der Waals surface area (Å²) in [5.41, 5.74) is 1.77. The zero-order valence-corrected chi connectivity index (χ0v) is 23.8. The summed E-state index contributed by atoms with van der Waals surface area (Å²) >= 11 is 0. The van der Waals surface area contributed by atoms with Gasteiger partial charge in [-0.2, -0.15) is 4.31 Å². The van der Waals surface area contributed by atoms with Crippen LogP contribution in [0.15, 0.2) is 71.6 Å². The summed E-state index contributed by atoms with van der Waals surface area (Å²) in [4.78, 5) is 18.2. The summed E-state index contributed by atoms with van der Waals surface area (Å²) in [7, 11) is -2.03. The highest BCUT2D eigenvalue weighted by atomic mass is 32.2. The van der Waals surface area contributed by atoms with Crippen molar-refractivity contribution in [2.45, 2.75) is 62.8 Å². The van der Waals surface area contributed by atoms with Gasteiger partial charge in [0.1, 0.15) is 11.6 Å². The number of ether oxygens (including phenoxy) is 2. The highest BCUT2D eigenvalue weighted by Crippen LogP contribution is 2.49. The second-order valence-electron chi connectivity index (χ2n) is 9.89. The molecule has 1 heterocycles. The molecule has 0 radical (unpaired) electrons. The molecule has 0 aliphatic heterocycles. The highest BCUT2D eigenvalue weighted by Gasteiger charge is 2.51. The van der Waals surface area contributed by atoms with Gasteiger partial charge in [0.05, 0.1) is 16.0 Å². The normalized spacial score (nSPS) is 15.1. The summed E-state index contributed by atoms with van der Waals surface area (Å²) in [5, 5.41) is 2.98. The number of pyridine rings is 1. The molecule has 0 bridgehead atoms. The molecule has 9 heteroatoms. The molecule has 1 atom stereocenters. The minimum Gasteiger partial charge on any atom is -0.468 e. The van der Waals surface area contributed by atoms with E-state index in [1.165, 1.54) is 0 Å². The van der Waals surface area contributed by atoms with Crippen LogP contribution in [0.4, 0.5) is 5.82 Å². The van der Waals surface area contributed by atoms with Crippen LogP contribution in [0.5, 0.6) is 5.75 Å². The molecule has 39 heavy (non-hydrogen) atoms. The molecule has 1 amide bonds. The number of hydrogen-bond acceptors (Lipinski definition) is 6. The van der Waals surface area contributed by atoms with Crippen LogP contribution < -0.4 is 10.1 Å². The fourth-order valence-corrected chi connectivity index (χ4v) is 6.55. The fourth-order valence-electron chi connectivity index (χ4n) is 4.88. The highest BCUT2D eigenvalue weighted by molar-refractivity contribution is 7.89. The molecular weight excluding hydrogens is 514 g/mol. The number of sulfonamides is 1. The number of nitrogens with one attached hydrogen (secondary N) is 1. The molecule has 2 aromatic carbocycles. The van der Waals surface area contributed by atoms with Crippen LogP contribution in [0, 0.1) is 0 Å². The average molecular weight is 552 g/mol. The number of carbonyl (C=O) groups excluding carboxylic acids is 1. The van der Waals surface area contributed by atoms with Gasteiger partial charge < -0.3 is 14.8 Å². The molecule has 1 aromatic heterocycles. The second kappa shape index (κ2) is 12.3. The van der Waals surface area contributed by atoms with E-state index >= 15 is 0 Å². The Morgan fingerprint density at radius 3 is 2.33 bits per heavy atom. The summed E-state index contributed by atoms with van der Waals surface area (Å²) in [5.74, 6) is 1.04. The summed E-state index contributed by atoms with van der Waals surface area (Å²) in [6, 6.07) is 19.6. The number of anilines is 1. The molecular formula is C30H37N3O5S. The predicted molar refractivity (Wildman–Crippen MR) is 152 cm³/mol. The monoisotopic (exact) mass is 551 g/mol. The molecule has 208 valence electrons. The van der Waals surface area contributed by atoms with Crippen LogP contribution in [0.25, 0.3) is 11.3 Å². The van der Waals surface area contributed by atoms with Crippen molar-refractivity contribution >= 4 is 21.7 Å². The Hall–Kier alpha value is -3.27. The third kappa shape index (κ3) is 6.32. The number of rotatable bonds is 13. The Balaban J connectivity index is 1.48. The molecule has 8 nitrogen and oxygen atoms in total. The van der Waals surface area contributed by atoms with Crippen molar-refractivity contribution in [3.63, 3.8) is 0 Å². The number of aromatic nitrogens is 1. The molecule has 1 aliphatic carbocycles. The number of benzene rings is 2. The number of carbonyl (C=O) groups is 1. The minimum atomic E-state index is -3.60. The van der Waals surface area contributed by atoms with Gasteiger partial charge in [-0.25, -0.2) is 13.4 Å². The fraction of sp³-hybridized carbons (Fsp3) is 0.400. The van der Waals surface area contributed by atoms with Crippen molar-refractivity contribution < 1.29 is 22.7 Å². The van der Waals surface area contributed by atoms with E-state index in [2.05, 4.69) is 17.2 Å². The number of nitrogens with zero attached hydrogens (tertiary/aromatic N) is 2. The molecule has 1 aliphatic rings. The first-order valence-corrected chi connectivity index (χ1v) is 14.8. The standard InChI is InChI=1S/C30H37N3O5S/c1-5-8-22(3)33(6-2)39(35,36)26-17-11-23(12-18-26)27-9-7-10-28(31-27)32-29(34)30(19-20-30)24-13-15-25(16-14-24)38-21-37-4/h7,9-18,22H,5-6,8,19-21H2,1-4H3,(H,31,32,34). The zero-order chi connectivity index (χ0) is 28.0. The van der Waals surface area contributed by atoms with E-state index < -0.39 is 15.4 Å². The maximum Gasteiger partial charge on any atom is 0.243 e. The topological polar surface area (TPSA) is 97.8 Å². The first-order valence-electron chi connectivity index (χ1n) is 13.4. The maximum atomic E-state index is 13.3. The van der Waals surface area contributed by atoms with Crippen LogP contribution >= 0.6 is 0 Å². The molecule has 4 rings (SSSR count). The Kier molecular flexibility index (Phi) is 9.04. The van der Waals surface area contributed by atoms with Gasteiger partial charge in [0, 0.05) is 25.3 Å². The number of amides is 1. The van der Waals surface area contributed by atoms with Gasteiger partial charge in [0.15, 0.2) is 6.79 Å². The van der Waals surface area contributed by atoms with Gasteiger partial charge in [-0.05, 0) is 68.1 Å². The van der Waals surface area contributed by atoms with Crippen molar-refractivity contribution in [3.05, 3.63) is 72.3 Å². The van der Waals surface area contributed by atoms with Crippen molar-refractivity contribution in [1.29, 1.82) is 0 Å². The summed E-state index contributed by atoms with van der Waals surface area (Å²) < 4.78 is 38.4. The summed E-state index contributed by atoms with van der Waals surface area (Å²) in [6.45, 7) is 6.45. The third-order valence-electron chi connectivity index (χ3n) is 7.19. The Morgan fingerprint density at radius 1 is 1.05 bits per heavy atom. The van der Waals surface area contributed by atoms with Gasteiger partial charge in [0.25, 0.3) is 0 Å². The van der Waals surface area contributed by atoms with Crippen LogP contribution in [-0.4, -0.2) is 50.1 Å². The maximum absolute atomic E-state index is 13.3. The molecule has 3 aromatic rings. The van der Waals surface area contributed by atoms with Gasteiger partial charge in [-0.1, -0.05) is 50.6 Å². The first-order chi connectivity index (χ1) is 18.7. The van der Waals surface area contributed by atoms with Crippen molar-refractivity contribution in [2.24, 2.45) is 0 Å². The number of hydrogen-bond donors (Lipinski definition) is 1. The lowest BCUT2D eigenvalue weighted by molar-refractivity contribution is -0.118. The van der Waals surface area contributed by atoms with E-state index in [-0.39, 0.29) is 23.6 Å². The van der Waals surface area contributed by atoms with E-state index in [0.29, 0.717) is 23.8 Å². The lowest BCUT2D eigenvalue weighted by Gasteiger charge is -2.27. The number of methoxy groups -OCH3 is 1. The van der Waals surface area contributed by atoms with Crippen LogP contribution in [0.1, 0.15) is 52.0 Å². The van der Waals surface area contributed by atoms with Crippen LogP contribution in [0.3, 0.4) is 0 Å². The van der Waals surface area contributed by atoms with E-state index in [1.807, 2.05) is 50.2 Å². The molecule has 1 saturated carbocycles. The minimum absolute atomic E-state index is 0.0664. The molecule has 1 N–H and O–H groups in total. The quantitative estimate of drug-likeness (QED) is 0.278. The van der Waals surface area contributed by atoms with Crippen molar-refractivity contribution in [1.82, 2.24) is 9.29 Å². The van der Waals surface area contributed by atoms with Gasteiger partial charge >= 0.3 is 0 Å². The van der Waals surface area contributed by atoms with Gasteiger partial charge in [-0.15, -0.1) is 0 Å². The smallest absolute Gasteiger partial charge is 0.243 e. The van der Waals surface area contributed by atoms with Gasteiger partial charge in [0.2, 0.25) is 15.9 Å². The Morgan fingerprint density at radius 2 is 1.74 bits per heavy atom. The molecule has 0 spiro atoms. The molecule has 1 unspecified atom stereocenters. The molecule has 0 saturated heterocycles. The largest absolute Gasteiger partial charge is 0.468 e. The first kappa shape index (κ1) is 28.7. The predicted octanol–water partition coefficient (Wildman–Crippen LogP) is 5.60. The van der Waals surface area contributed by atoms with Crippen LogP contribution in [-0.2, 0) is 25.0 Å². The summed E-state index contributed by atoms with van der Waals surface area (Å²) in [6.07, 6.45) is 3.25. The van der Waals surface area contributed by atoms with E-state index in [4.69, 9.17) is 9.47 Å². The van der Waals surface area contributed by atoms with Gasteiger partial charge in [-0.3, -0.25) is 4.79 Å². The van der Waals surface area contributed by atoms with Crippen molar-refractivity contribution in [3.8, 4) is 17.0 Å². The van der Waals surface area contributed by atoms with E-state index in [0.717, 1.165) is 36.8 Å². The average Bonchev–Trinajstić information content (AvgIpc) is 3.75. The van der Waals surface area contributed by atoms with Crippen LogP contribution in [0.2, 0.25) is 0 Å². The third-order valence-corrected chi connectivity index (χ3v) is 9.30. The van der Waals surface area contributed by atoms with E-state index in [1.54, 1.807) is 41.7 Å². The lowest BCUT2D eigenvalue weighted by atomic mass is 9.95. The van der Waals surface area contributed by atoms with Crippen molar-refractivity contribution in [2.75, 3.05) is 25.8 Å². The zero-order valence-electron chi connectivity index (χ0n) is 23.0. The SMILES string of the molecule is CCCC(C)N(CC)S(=O)(=O)c1ccc(-c2cccc(NC(=O)C3(c4ccc(OCOC)cc4)CC3)n2)cc1. The lowest BCUT2D eigenvalue weighted by Crippen LogP contribution is -2.38.